The van der Waals surface area contributed by atoms with E-state index < -0.39 is 30.1 Å². The normalized spacial score (nSPS) is 13.7. The summed E-state index contributed by atoms with van der Waals surface area (Å²) in [6, 6.07) is 5.64. The zero-order valence-corrected chi connectivity index (χ0v) is 13.4. The molecule has 0 spiro atoms. The van der Waals surface area contributed by atoms with E-state index in [0.717, 1.165) is 30.3 Å². The number of nitrogens with zero attached hydrogens (tertiary/aromatic N) is 1. The summed E-state index contributed by atoms with van der Waals surface area (Å²) in [6.45, 7) is 2.16. The van der Waals surface area contributed by atoms with E-state index in [-0.39, 0.29) is 11.1 Å². The van der Waals surface area contributed by atoms with Gasteiger partial charge in [0.1, 0.15) is 17.4 Å². The number of hydrogen-bond donors (Lipinski definition) is 1. The number of nitrogens with one attached hydrogen (secondary N) is 1. The zero-order chi connectivity index (χ0) is 20.0. The predicted molar refractivity (Wildman–Crippen MR) is 79.9 cm³/mol. The molecule has 10 heteroatoms. The number of hydrogen-bond acceptors (Lipinski definition) is 3. The van der Waals surface area contributed by atoms with Crippen LogP contribution >= 0.6 is 0 Å². The molecule has 1 aromatic rings. The van der Waals surface area contributed by atoms with Crippen molar-refractivity contribution in [1.82, 2.24) is 5.32 Å². The Labute approximate surface area is 145 Å². The molecule has 142 valence electrons. The molecule has 1 rings (SSSR count). The number of benzene rings is 1. The molecule has 0 bridgehead atoms. The average molecular weight is 380 g/mol. The summed E-state index contributed by atoms with van der Waals surface area (Å²) in [4.78, 5) is 11.7. The Bertz CT molecular complexity index is 692. The Morgan fingerprint density at radius 1 is 1.27 bits per heavy atom. The number of amides is 1. The fraction of sp³-hybridized carbons (Fsp3) is 0.375. The third kappa shape index (κ3) is 5.98. The average Bonchev–Trinajstić information content (AvgIpc) is 2.57. The SMILES string of the molecule is CCCNC(=O)/C(C#N)=C/c1ccc(OC(F)(F)C(F)C(F)(F)F)cc1. The molecule has 0 aromatic heterocycles. The highest BCUT2D eigenvalue weighted by Gasteiger charge is 2.59. The number of carbonyl (C=O) groups is 1. The standard InChI is InChI=1S/C16H14F6N2O2/c1-2-7-24-13(25)11(9-23)8-10-3-5-12(6-4-10)26-16(21,22)14(17)15(18,19)20/h3-6,8,14H,2,7H2,1H3,(H,24,25)/b11-8+. The van der Waals surface area contributed by atoms with Crippen LogP contribution in [0.25, 0.3) is 6.08 Å². The fourth-order valence-electron chi connectivity index (χ4n) is 1.68. The Kier molecular flexibility index (Phi) is 7.06. The van der Waals surface area contributed by atoms with Gasteiger partial charge in [-0.3, -0.25) is 4.79 Å². The van der Waals surface area contributed by atoms with Crippen molar-refractivity contribution in [3.63, 3.8) is 0 Å². The van der Waals surface area contributed by atoms with Gasteiger partial charge in [-0.1, -0.05) is 19.1 Å². The fourth-order valence-corrected chi connectivity index (χ4v) is 1.68. The van der Waals surface area contributed by atoms with Crippen LogP contribution in [0.4, 0.5) is 26.3 Å². The molecule has 1 aromatic carbocycles. The van der Waals surface area contributed by atoms with Gasteiger partial charge in [0.25, 0.3) is 12.1 Å². The van der Waals surface area contributed by atoms with Gasteiger partial charge < -0.3 is 10.1 Å². The van der Waals surface area contributed by atoms with E-state index in [2.05, 4.69) is 10.1 Å². The second kappa shape index (κ2) is 8.60. The second-order valence-corrected chi connectivity index (χ2v) is 5.06. The molecule has 1 N–H and O–H groups in total. The van der Waals surface area contributed by atoms with Crippen LogP contribution in [0.15, 0.2) is 29.8 Å². The summed E-state index contributed by atoms with van der Waals surface area (Å²) >= 11 is 0. The first-order chi connectivity index (χ1) is 12.0. The van der Waals surface area contributed by atoms with Crippen LogP contribution < -0.4 is 10.1 Å². The third-order valence-electron chi connectivity index (χ3n) is 2.93. The minimum atomic E-state index is -5.78. The maximum atomic E-state index is 13.2. The predicted octanol–water partition coefficient (Wildman–Crippen LogP) is 3.99. The highest BCUT2D eigenvalue weighted by molar-refractivity contribution is 6.01. The minimum Gasteiger partial charge on any atom is -0.430 e. The zero-order valence-electron chi connectivity index (χ0n) is 13.4. The first-order valence-corrected chi connectivity index (χ1v) is 7.29. The first kappa shape index (κ1) is 21.3. The van der Waals surface area contributed by atoms with Crippen LogP contribution in [0.1, 0.15) is 18.9 Å². The minimum absolute atomic E-state index is 0.233. The third-order valence-corrected chi connectivity index (χ3v) is 2.93. The maximum Gasteiger partial charge on any atom is 0.439 e. The number of ether oxygens (including phenoxy) is 1. The van der Waals surface area contributed by atoms with Gasteiger partial charge in [0.15, 0.2) is 0 Å². The molecule has 0 fully saturated rings. The summed E-state index contributed by atoms with van der Waals surface area (Å²) in [5.41, 5.74) is -0.0187. The summed E-state index contributed by atoms with van der Waals surface area (Å²) in [7, 11) is 0. The molecule has 26 heavy (non-hydrogen) atoms. The van der Waals surface area contributed by atoms with Gasteiger partial charge in [0.2, 0.25) is 0 Å². The topological polar surface area (TPSA) is 62.1 Å². The van der Waals surface area contributed by atoms with Crippen LogP contribution in [0.3, 0.4) is 0 Å². The van der Waals surface area contributed by atoms with Gasteiger partial charge in [0, 0.05) is 6.54 Å². The van der Waals surface area contributed by atoms with E-state index in [0.29, 0.717) is 13.0 Å². The quantitative estimate of drug-likeness (QED) is 0.442. The molecular formula is C16H14F6N2O2. The maximum absolute atomic E-state index is 13.2. The van der Waals surface area contributed by atoms with Crippen molar-refractivity contribution < 1.29 is 35.9 Å². The monoisotopic (exact) mass is 380 g/mol. The van der Waals surface area contributed by atoms with E-state index in [1.54, 1.807) is 6.07 Å². The summed E-state index contributed by atoms with van der Waals surface area (Å²) in [5, 5.41) is 11.4. The van der Waals surface area contributed by atoms with Crippen LogP contribution in [0, 0.1) is 11.3 Å². The molecule has 1 unspecified atom stereocenters. The number of rotatable bonds is 7. The van der Waals surface area contributed by atoms with Crippen molar-refractivity contribution in [1.29, 1.82) is 5.26 Å². The van der Waals surface area contributed by atoms with Crippen LogP contribution in [0.2, 0.25) is 0 Å². The van der Waals surface area contributed by atoms with E-state index in [1.807, 2.05) is 6.92 Å². The van der Waals surface area contributed by atoms with Crippen LogP contribution in [-0.4, -0.2) is 30.9 Å². The molecule has 0 saturated heterocycles. The molecule has 0 aliphatic rings. The Morgan fingerprint density at radius 2 is 1.85 bits per heavy atom. The molecule has 0 radical (unpaired) electrons. The lowest BCUT2D eigenvalue weighted by molar-refractivity contribution is -0.304. The molecule has 0 aliphatic carbocycles. The van der Waals surface area contributed by atoms with Crippen molar-refractivity contribution in [2.75, 3.05) is 6.54 Å². The lowest BCUT2D eigenvalue weighted by Crippen LogP contribution is -2.45. The van der Waals surface area contributed by atoms with Gasteiger partial charge in [0.05, 0.1) is 0 Å². The largest absolute Gasteiger partial charge is 0.439 e. The van der Waals surface area contributed by atoms with Crippen molar-refractivity contribution in [2.24, 2.45) is 0 Å². The van der Waals surface area contributed by atoms with Gasteiger partial charge in [-0.15, -0.1) is 0 Å². The molecule has 0 heterocycles. The smallest absolute Gasteiger partial charge is 0.430 e. The lowest BCUT2D eigenvalue weighted by atomic mass is 10.1. The number of halogens is 6. The van der Waals surface area contributed by atoms with Crippen LogP contribution in [0.5, 0.6) is 5.75 Å². The van der Waals surface area contributed by atoms with Crippen molar-refractivity contribution in [3.8, 4) is 11.8 Å². The van der Waals surface area contributed by atoms with Gasteiger partial charge in [-0.25, -0.2) is 4.39 Å². The Hall–Kier alpha value is -2.70. The van der Waals surface area contributed by atoms with E-state index in [1.165, 1.54) is 0 Å². The first-order valence-electron chi connectivity index (χ1n) is 7.29. The number of carbonyl (C=O) groups excluding carboxylic acids is 1. The summed E-state index contributed by atoms with van der Waals surface area (Å²) in [6.07, 6.45) is -13.6. The van der Waals surface area contributed by atoms with Crippen molar-refractivity contribution in [3.05, 3.63) is 35.4 Å². The lowest BCUT2D eigenvalue weighted by Gasteiger charge is -2.23. The Balaban J connectivity index is 2.90. The van der Waals surface area contributed by atoms with E-state index in [9.17, 15) is 31.1 Å². The molecule has 1 atom stereocenters. The van der Waals surface area contributed by atoms with E-state index in [4.69, 9.17) is 5.26 Å². The number of nitriles is 1. The van der Waals surface area contributed by atoms with Crippen molar-refractivity contribution >= 4 is 12.0 Å². The molecule has 0 aliphatic heterocycles. The molecule has 4 nitrogen and oxygen atoms in total. The van der Waals surface area contributed by atoms with Gasteiger partial charge in [-0.2, -0.15) is 27.2 Å². The second-order valence-electron chi connectivity index (χ2n) is 5.06. The highest BCUT2D eigenvalue weighted by atomic mass is 19.4. The van der Waals surface area contributed by atoms with Crippen molar-refractivity contribution in [2.45, 2.75) is 31.8 Å². The van der Waals surface area contributed by atoms with Crippen LogP contribution in [-0.2, 0) is 4.79 Å². The summed E-state index contributed by atoms with van der Waals surface area (Å²) in [5.74, 6) is -1.35. The highest BCUT2D eigenvalue weighted by Crippen LogP contribution is 2.36. The number of alkyl halides is 6. The van der Waals surface area contributed by atoms with Gasteiger partial charge in [-0.05, 0) is 30.2 Å². The molecule has 1 amide bonds. The Morgan fingerprint density at radius 3 is 2.31 bits per heavy atom. The molecule has 0 saturated carbocycles. The van der Waals surface area contributed by atoms with E-state index >= 15 is 0 Å². The molecular weight excluding hydrogens is 366 g/mol. The van der Waals surface area contributed by atoms with Gasteiger partial charge >= 0.3 is 12.3 Å². The summed E-state index contributed by atoms with van der Waals surface area (Å²) < 4.78 is 79.0.